The molecule has 1 amide bonds. The number of likely N-dealkylation sites (tertiary alicyclic amines) is 1. The lowest BCUT2D eigenvalue weighted by Crippen LogP contribution is -2.27. The lowest BCUT2D eigenvalue weighted by molar-refractivity contribution is 0.0792. The van der Waals surface area contributed by atoms with E-state index in [-0.39, 0.29) is 10.8 Å². The van der Waals surface area contributed by atoms with Gasteiger partial charge in [-0.3, -0.25) is 14.5 Å². The monoisotopic (exact) mass is 331 g/mol. The molecule has 0 unspecified atom stereocenters. The molecule has 2 aromatic rings. The zero-order valence-electron chi connectivity index (χ0n) is 12.5. The third-order valence-corrected chi connectivity index (χ3v) is 5.12. The fourth-order valence-corrected chi connectivity index (χ4v) is 3.56. The van der Waals surface area contributed by atoms with E-state index in [9.17, 15) is 13.2 Å². The van der Waals surface area contributed by atoms with E-state index < -0.39 is 10.0 Å². The number of hydrogen-bond donors (Lipinski definition) is 1. The molecule has 1 saturated heterocycles. The Hall–Kier alpha value is -2.41. The predicted molar refractivity (Wildman–Crippen MR) is 86.6 cm³/mol. The van der Waals surface area contributed by atoms with Crippen molar-refractivity contribution in [3.8, 4) is 0 Å². The highest BCUT2D eigenvalue weighted by atomic mass is 32.2. The normalized spacial score (nSPS) is 14.7. The molecule has 1 aliphatic rings. The van der Waals surface area contributed by atoms with E-state index in [1.807, 2.05) is 0 Å². The lowest BCUT2D eigenvalue weighted by Gasteiger charge is -2.15. The molecule has 1 aromatic heterocycles. The molecule has 1 fully saturated rings. The van der Waals surface area contributed by atoms with Gasteiger partial charge in [-0.2, -0.15) is 0 Å². The quantitative estimate of drug-likeness (QED) is 0.931. The van der Waals surface area contributed by atoms with Gasteiger partial charge in [0.25, 0.3) is 15.9 Å². The van der Waals surface area contributed by atoms with Crippen LogP contribution in [0.5, 0.6) is 0 Å². The van der Waals surface area contributed by atoms with E-state index in [0.29, 0.717) is 11.3 Å². The average molecular weight is 331 g/mol. The Labute approximate surface area is 135 Å². The molecule has 0 atom stereocenters. The molecule has 1 aromatic carbocycles. The van der Waals surface area contributed by atoms with Gasteiger partial charge in [0.15, 0.2) is 0 Å². The Balaban J connectivity index is 1.77. The summed E-state index contributed by atoms with van der Waals surface area (Å²) in [5, 5.41) is 0. The van der Waals surface area contributed by atoms with Crippen LogP contribution in [0, 0.1) is 0 Å². The Morgan fingerprint density at radius 3 is 2.39 bits per heavy atom. The number of hydrogen-bond acceptors (Lipinski definition) is 4. The van der Waals surface area contributed by atoms with E-state index in [1.165, 1.54) is 18.3 Å². The van der Waals surface area contributed by atoms with Gasteiger partial charge in [0, 0.05) is 24.8 Å². The summed E-state index contributed by atoms with van der Waals surface area (Å²) in [6.07, 6.45) is 5.04. The van der Waals surface area contributed by atoms with Gasteiger partial charge < -0.3 is 4.90 Å². The van der Waals surface area contributed by atoms with Crippen LogP contribution >= 0.6 is 0 Å². The van der Waals surface area contributed by atoms with Crippen LogP contribution in [0.4, 0.5) is 5.69 Å². The summed E-state index contributed by atoms with van der Waals surface area (Å²) in [5.41, 5.74) is 0.900. The maximum Gasteiger partial charge on any atom is 0.261 e. The number of nitrogens with one attached hydrogen (secondary N) is 1. The molecular weight excluding hydrogens is 314 g/mol. The number of nitrogens with zero attached hydrogens (tertiary/aromatic N) is 2. The summed E-state index contributed by atoms with van der Waals surface area (Å²) in [4.78, 5) is 18.0. The minimum absolute atomic E-state index is 0.0494. The second-order valence-electron chi connectivity index (χ2n) is 5.37. The van der Waals surface area contributed by atoms with Crippen molar-refractivity contribution < 1.29 is 13.2 Å². The van der Waals surface area contributed by atoms with Crippen molar-refractivity contribution in [2.45, 2.75) is 17.7 Å². The topological polar surface area (TPSA) is 79.4 Å². The largest absolute Gasteiger partial charge is 0.339 e. The molecule has 1 aliphatic heterocycles. The van der Waals surface area contributed by atoms with Crippen molar-refractivity contribution >= 4 is 21.6 Å². The number of rotatable bonds is 4. The first-order valence-electron chi connectivity index (χ1n) is 7.38. The van der Waals surface area contributed by atoms with Crippen LogP contribution in [0.1, 0.15) is 23.2 Å². The number of benzene rings is 1. The molecule has 0 bridgehead atoms. The molecule has 0 spiro atoms. The highest BCUT2D eigenvalue weighted by Crippen LogP contribution is 2.18. The van der Waals surface area contributed by atoms with Crippen LogP contribution in [0.25, 0.3) is 0 Å². The SMILES string of the molecule is O=C(c1ccc(S(=O)(=O)Nc2cccnc2)cc1)N1CCCC1. The van der Waals surface area contributed by atoms with Gasteiger partial charge in [-0.05, 0) is 49.2 Å². The van der Waals surface area contributed by atoms with Crippen LogP contribution in [-0.4, -0.2) is 37.3 Å². The van der Waals surface area contributed by atoms with E-state index in [2.05, 4.69) is 9.71 Å². The van der Waals surface area contributed by atoms with Crippen molar-refractivity contribution in [1.82, 2.24) is 9.88 Å². The maximum absolute atomic E-state index is 12.3. The van der Waals surface area contributed by atoms with Gasteiger partial charge in [0.1, 0.15) is 0 Å². The molecule has 23 heavy (non-hydrogen) atoms. The fraction of sp³-hybridized carbons (Fsp3) is 0.250. The van der Waals surface area contributed by atoms with Crippen LogP contribution in [0.3, 0.4) is 0 Å². The molecule has 0 aliphatic carbocycles. The molecule has 7 heteroatoms. The average Bonchev–Trinajstić information content (AvgIpc) is 3.09. The summed E-state index contributed by atoms with van der Waals surface area (Å²) < 4.78 is 27.1. The number of amides is 1. The van der Waals surface area contributed by atoms with Crippen molar-refractivity contribution in [3.05, 3.63) is 54.4 Å². The second-order valence-corrected chi connectivity index (χ2v) is 7.05. The maximum atomic E-state index is 12.3. The van der Waals surface area contributed by atoms with Crippen LogP contribution in [-0.2, 0) is 10.0 Å². The van der Waals surface area contributed by atoms with Gasteiger partial charge in [-0.1, -0.05) is 0 Å². The van der Waals surface area contributed by atoms with Crippen molar-refractivity contribution in [2.75, 3.05) is 17.8 Å². The number of anilines is 1. The molecule has 3 rings (SSSR count). The van der Waals surface area contributed by atoms with Crippen molar-refractivity contribution in [1.29, 1.82) is 0 Å². The summed E-state index contributed by atoms with van der Waals surface area (Å²) >= 11 is 0. The zero-order chi connectivity index (χ0) is 16.3. The molecule has 2 heterocycles. The third-order valence-electron chi connectivity index (χ3n) is 3.72. The fourth-order valence-electron chi connectivity index (χ4n) is 2.52. The van der Waals surface area contributed by atoms with Gasteiger partial charge in [-0.15, -0.1) is 0 Å². The minimum atomic E-state index is -3.69. The second kappa shape index (κ2) is 6.37. The molecule has 6 nitrogen and oxygen atoms in total. The summed E-state index contributed by atoms with van der Waals surface area (Å²) in [7, 11) is -3.69. The Morgan fingerprint density at radius 1 is 1.09 bits per heavy atom. The number of sulfonamides is 1. The van der Waals surface area contributed by atoms with Crippen LogP contribution in [0.2, 0.25) is 0 Å². The van der Waals surface area contributed by atoms with E-state index >= 15 is 0 Å². The third kappa shape index (κ3) is 3.50. The first-order chi connectivity index (χ1) is 11.1. The van der Waals surface area contributed by atoms with E-state index in [4.69, 9.17) is 0 Å². The van der Waals surface area contributed by atoms with Crippen LogP contribution in [0.15, 0.2) is 53.7 Å². The van der Waals surface area contributed by atoms with Gasteiger partial charge in [-0.25, -0.2) is 8.42 Å². The highest BCUT2D eigenvalue weighted by molar-refractivity contribution is 7.92. The van der Waals surface area contributed by atoms with Crippen molar-refractivity contribution in [3.63, 3.8) is 0 Å². The molecule has 0 saturated carbocycles. The van der Waals surface area contributed by atoms with Crippen LogP contribution < -0.4 is 4.72 Å². The molecule has 120 valence electrons. The summed E-state index contributed by atoms with van der Waals surface area (Å²) in [6.45, 7) is 1.53. The molecule has 0 radical (unpaired) electrons. The first-order valence-corrected chi connectivity index (χ1v) is 8.87. The number of carbonyl (C=O) groups excluding carboxylic acids is 1. The smallest absolute Gasteiger partial charge is 0.261 e. The molecular formula is C16H17N3O3S. The van der Waals surface area contributed by atoms with Gasteiger partial charge in [0.05, 0.1) is 16.8 Å². The number of pyridine rings is 1. The summed E-state index contributed by atoms with van der Waals surface area (Å²) in [6, 6.07) is 9.27. The number of carbonyl (C=O) groups is 1. The van der Waals surface area contributed by atoms with E-state index in [0.717, 1.165) is 25.9 Å². The minimum Gasteiger partial charge on any atom is -0.339 e. The summed E-state index contributed by atoms with van der Waals surface area (Å²) in [5.74, 6) is -0.0494. The standard InChI is InChI=1S/C16H17N3O3S/c20-16(19-10-1-2-11-19)13-5-7-15(8-6-13)23(21,22)18-14-4-3-9-17-12-14/h3-9,12,18H,1-2,10-11H2. The number of aromatic nitrogens is 1. The Kier molecular flexibility index (Phi) is 4.29. The van der Waals surface area contributed by atoms with Crippen molar-refractivity contribution in [2.24, 2.45) is 0 Å². The molecule has 1 N–H and O–H groups in total. The first kappa shape index (κ1) is 15.5. The Morgan fingerprint density at radius 2 is 1.78 bits per heavy atom. The van der Waals surface area contributed by atoms with E-state index in [1.54, 1.807) is 35.4 Å². The zero-order valence-corrected chi connectivity index (χ0v) is 13.3. The lowest BCUT2D eigenvalue weighted by atomic mass is 10.2. The predicted octanol–water partition coefficient (Wildman–Crippen LogP) is 2.12. The highest BCUT2D eigenvalue weighted by Gasteiger charge is 2.20. The van der Waals surface area contributed by atoms with Gasteiger partial charge in [0.2, 0.25) is 0 Å². The Bertz CT molecular complexity index is 783. The van der Waals surface area contributed by atoms with Gasteiger partial charge >= 0.3 is 0 Å².